The molecule has 0 unspecified atom stereocenters. The smallest absolute Gasteiger partial charge is 0.339 e. The zero-order chi connectivity index (χ0) is 23.1. The Morgan fingerprint density at radius 3 is 2.50 bits per heavy atom. The van der Waals surface area contributed by atoms with E-state index in [4.69, 9.17) is 15.2 Å². The van der Waals surface area contributed by atoms with Crippen LogP contribution in [0.25, 0.3) is 22.5 Å². The Hall–Kier alpha value is -4.79. The molecular formula is C25H20N6O3. The number of anilines is 2. The van der Waals surface area contributed by atoms with Gasteiger partial charge in [0.1, 0.15) is 35.7 Å². The number of hydrogen-bond acceptors (Lipinski definition) is 7. The SMILES string of the molecule is Nc1ncnc2c1n(-c1ccc(Oc3ccccc3)cc1)c(=O)n2-c1ccc2c(c1)NCCO2. The number of nitrogens with zero attached hydrogens (tertiary/aromatic N) is 4. The largest absolute Gasteiger partial charge is 0.490 e. The van der Waals surface area contributed by atoms with Gasteiger partial charge in [-0.15, -0.1) is 0 Å². The van der Waals surface area contributed by atoms with Crippen LogP contribution in [0.2, 0.25) is 0 Å². The number of aromatic nitrogens is 4. The molecule has 6 rings (SSSR count). The normalized spacial score (nSPS) is 12.6. The Labute approximate surface area is 194 Å². The molecule has 9 heteroatoms. The van der Waals surface area contributed by atoms with Gasteiger partial charge in [0.15, 0.2) is 11.5 Å². The first-order valence-electron chi connectivity index (χ1n) is 10.8. The van der Waals surface area contributed by atoms with E-state index in [0.29, 0.717) is 41.4 Å². The maximum absolute atomic E-state index is 13.7. The van der Waals surface area contributed by atoms with Crippen molar-refractivity contribution >= 4 is 22.7 Å². The van der Waals surface area contributed by atoms with Crippen molar-refractivity contribution in [3.63, 3.8) is 0 Å². The molecule has 168 valence electrons. The van der Waals surface area contributed by atoms with Crippen molar-refractivity contribution in [3.8, 4) is 28.6 Å². The minimum Gasteiger partial charge on any atom is -0.490 e. The third kappa shape index (κ3) is 3.30. The fourth-order valence-electron chi connectivity index (χ4n) is 4.07. The molecule has 0 atom stereocenters. The van der Waals surface area contributed by atoms with Crippen LogP contribution in [0.4, 0.5) is 11.5 Å². The average Bonchev–Trinajstić information content (AvgIpc) is 3.18. The monoisotopic (exact) mass is 452 g/mol. The fourth-order valence-corrected chi connectivity index (χ4v) is 4.07. The summed E-state index contributed by atoms with van der Waals surface area (Å²) in [5.41, 5.74) is 8.85. The van der Waals surface area contributed by atoms with Gasteiger partial charge in [-0.3, -0.25) is 4.57 Å². The van der Waals surface area contributed by atoms with E-state index in [1.165, 1.54) is 15.5 Å². The summed E-state index contributed by atoms with van der Waals surface area (Å²) in [5.74, 6) is 2.34. The molecule has 0 amide bonds. The molecule has 0 fully saturated rings. The average molecular weight is 452 g/mol. The molecule has 0 saturated carbocycles. The summed E-state index contributed by atoms with van der Waals surface area (Å²) in [6, 6.07) is 22.2. The molecule has 0 saturated heterocycles. The van der Waals surface area contributed by atoms with Gasteiger partial charge in [0.25, 0.3) is 0 Å². The Kier molecular flexibility index (Phi) is 4.65. The zero-order valence-electron chi connectivity index (χ0n) is 18.0. The number of fused-ring (bicyclic) bond motifs is 2. The minimum absolute atomic E-state index is 0.213. The van der Waals surface area contributed by atoms with Crippen molar-refractivity contribution in [2.75, 3.05) is 24.2 Å². The number of rotatable bonds is 4. The molecule has 0 aliphatic carbocycles. The predicted octanol–water partition coefficient (Wildman–Crippen LogP) is 3.75. The first-order chi connectivity index (χ1) is 16.7. The predicted molar refractivity (Wildman–Crippen MR) is 129 cm³/mol. The molecule has 1 aliphatic heterocycles. The lowest BCUT2D eigenvalue weighted by molar-refractivity contribution is 0.323. The summed E-state index contributed by atoms with van der Waals surface area (Å²) in [6.45, 7) is 1.29. The fraction of sp³-hybridized carbons (Fsp3) is 0.0800. The minimum atomic E-state index is -0.310. The standard InChI is InChI=1S/C25H20N6O3/c26-23-22-24(29-15-28-23)31(17-8-11-21-20(14-17)27-12-13-33-21)25(32)30(22)16-6-9-19(10-7-16)34-18-4-2-1-3-5-18/h1-11,14-15,27H,12-13H2,(H2,26,28,29). The second kappa shape index (κ2) is 7.96. The van der Waals surface area contributed by atoms with Crippen LogP contribution in [-0.2, 0) is 0 Å². The second-order valence-electron chi connectivity index (χ2n) is 7.75. The first kappa shape index (κ1) is 19.9. The maximum Gasteiger partial charge on any atom is 0.339 e. The van der Waals surface area contributed by atoms with Crippen LogP contribution in [0.1, 0.15) is 0 Å². The lowest BCUT2D eigenvalue weighted by atomic mass is 10.2. The molecule has 0 radical (unpaired) electrons. The highest BCUT2D eigenvalue weighted by Crippen LogP contribution is 2.31. The Balaban J connectivity index is 1.47. The van der Waals surface area contributed by atoms with E-state index in [1.54, 1.807) is 24.3 Å². The first-order valence-corrected chi connectivity index (χ1v) is 10.8. The Morgan fingerprint density at radius 1 is 0.912 bits per heavy atom. The van der Waals surface area contributed by atoms with Crippen LogP contribution in [0.5, 0.6) is 17.2 Å². The van der Waals surface area contributed by atoms with Gasteiger partial charge in [-0.2, -0.15) is 0 Å². The lowest BCUT2D eigenvalue weighted by Gasteiger charge is -2.19. The highest BCUT2D eigenvalue weighted by Gasteiger charge is 2.21. The summed E-state index contributed by atoms with van der Waals surface area (Å²) in [4.78, 5) is 22.2. The van der Waals surface area contributed by atoms with Crippen molar-refractivity contribution in [1.29, 1.82) is 0 Å². The number of nitrogens with one attached hydrogen (secondary N) is 1. The van der Waals surface area contributed by atoms with Crippen molar-refractivity contribution in [2.45, 2.75) is 0 Å². The molecule has 1 aliphatic rings. The van der Waals surface area contributed by atoms with E-state index in [0.717, 1.165) is 17.2 Å². The Bertz CT molecular complexity index is 1560. The van der Waals surface area contributed by atoms with Gasteiger partial charge in [-0.1, -0.05) is 18.2 Å². The molecule has 9 nitrogen and oxygen atoms in total. The summed E-state index contributed by atoms with van der Waals surface area (Å²) in [7, 11) is 0. The Morgan fingerprint density at radius 2 is 1.68 bits per heavy atom. The lowest BCUT2D eigenvalue weighted by Crippen LogP contribution is -2.23. The van der Waals surface area contributed by atoms with E-state index in [1.807, 2.05) is 48.5 Å². The molecular weight excluding hydrogens is 432 g/mol. The van der Waals surface area contributed by atoms with Crippen molar-refractivity contribution < 1.29 is 9.47 Å². The van der Waals surface area contributed by atoms with Crippen molar-refractivity contribution in [3.05, 3.63) is 89.6 Å². The van der Waals surface area contributed by atoms with Crippen molar-refractivity contribution in [2.24, 2.45) is 0 Å². The van der Waals surface area contributed by atoms with Gasteiger partial charge in [-0.05, 0) is 54.6 Å². The molecule has 3 aromatic carbocycles. The van der Waals surface area contributed by atoms with Crippen LogP contribution in [0.15, 0.2) is 83.9 Å². The van der Waals surface area contributed by atoms with Crippen LogP contribution in [0.3, 0.4) is 0 Å². The number of hydrogen-bond donors (Lipinski definition) is 2. The number of nitrogens with two attached hydrogens (primary N) is 1. The van der Waals surface area contributed by atoms with E-state index < -0.39 is 0 Å². The maximum atomic E-state index is 13.7. The zero-order valence-corrected chi connectivity index (χ0v) is 18.0. The van der Waals surface area contributed by atoms with Crippen LogP contribution < -0.4 is 26.2 Å². The van der Waals surface area contributed by atoms with Crippen LogP contribution in [0, 0.1) is 0 Å². The summed E-state index contributed by atoms with van der Waals surface area (Å²) in [5, 5.41) is 3.30. The third-order valence-corrected chi connectivity index (χ3v) is 5.62. The van der Waals surface area contributed by atoms with E-state index in [-0.39, 0.29) is 11.5 Å². The van der Waals surface area contributed by atoms with Gasteiger partial charge in [0.05, 0.1) is 17.1 Å². The number of para-hydroxylation sites is 1. The van der Waals surface area contributed by atoms with Gasteiger partial charge in [-0.25, -0.2) is 19.3 Å². The molecule has 0 bridgehead atoms. The number of benzene rings is 3. The summed E-state index contributed by atoms with van der Waals surface area (Å²) in [6.07, 6.45) is 1.36. The molecule has 5 aromatic rings. The molecule has 3 N–H and O–H groups in total. The summed E-state index contributed by atoms with van der Waals surface area (Å²) < 4.78 is 14.6. The van der Waals surface area contributed by atoms with E-state index in [9.17, 15) is 4.79 Å². The summed E-state index contributed by atoms with van der Waals surface area (Å²) >= 11 is 0. The van der Waals surface area contributed by atoms with E-state index in [2.05, 4.69) is 15.3 Å². The molecule has 0 spiro atoms. The van der Waals surface area contributed by atoms with Gasteiger partial charge < -0.3 is 20.5 Å². The van der Waals surface area contributed by atoms with Crippen LogP contribution in [-0.4, -0.2) is 32.3 Å². The quantitative estimate of drug-likeness (QED) is 0.427. The highest BCUT2D eigenvalue weighted by atomic mass is 16.5. The molecule has 3 heterocycles. The van der Waals surface area contributed by atoms with Crippen LogP contribution >= 0.6 is 0 Å². The third-order valence-electron chi connectivity index (χ3n) is 5.62. The molecule has 34 heavy (non-hydrogen) atoms. The second-order valence-corrected chi connectivity index (χ2v) is 7.75. The topological polar surface area (TPSA) is 109 Å². The van der Waals surface area contributed by atoms with Crippen molar-refractivity contribution in [1.82, 2.24) is 19.1 Å². The van der Waals surface area contributed by atoms with Gasteiger partial charge in [0.2, 0.25) is 0 Å². The van der Waals surface area contributed by atoms with Gasteiger partial charge in [0, 0.05) is 6.54 Å². The van der Waals surface area contributed by atoms with Gasteiger partial charge >= 0.3 is 5.69 Å². The number of nitrogen functional groups attached to an aromatic ring is 1. The number of ether oxygens (including phenoxy) is 2. The van der Waals surface area contributed by atoms with E-state index >= 15 is 0 Å². The molecule has 2 aromatic heterocycles. The number of imidazole rings is 1. The highest BCUT2D eigenvalue weighted by molar-refractivity contribution is 5.85.